The second kappa shape index (κ2) is 7.93. The summed E-state index contributed by atoms with van der Waals surface area (Å²) in [5.74, 6) is 1.25. The average Bonchev–Trinajstić information content (AvgIpc) is 2.09. The molecule has 0 aliphatic heterocycles. The Balaban J connectivity index is 0.00000144. The molecule has 0 N–H and O–H groups in total. The van der Waals surface area contributed by atoms with Crippen LogP contribution in [0.15, 0.2) is 29.2 Å². The van der Waals surface area contributed by atoms with Crippen molar-refractivity contribution >= 4 is 41.3 Å². The predicted octanol–water partition coefficient (Wildman–Crippen LogP) is 3.24. The zero-order valence-corrected chi connectivity index (χ0v) is 8.66. The van der Waals surface area contributed by atoms with E-state index in [0.29, 0.717) is 0 Å². The summed E-state index contributed by atoms with van der Waals surface area (Å²) in [7, 11) is 0. The number of benzene rings is 1. The van der Waals surface area contributed by atoms with Gasteiger partial charge in [0.1, 0.15) is 0 Å². The van der Waals surface area contributed by atoms with Gasteiger partial charge in [0.15, 0.2) is 0 Å². The van der Waals surface area contributed by atoms with Crippen LogP contribution in [0.2, 0.25) is 0 Å². The van der Waals surface area contributed by atoms with Crippen LogP contribution in [0.25, 0.3) is 0 Å². The van der Waals surface area contributed by atoms with Gasteiger partial charge in [-0.2, -0.15) is 0 Å². The van der Waals surface area contributed by atoms with Gasteiger partial charge in [-0.05, 0) is 30.7 Å². The number of rotatable bonds is 4. The minimum atomic E-state index is 0. The summed E-state index contributed by atoms with van der Waals surface area (Å²) in [6.45, 7) is 4.41. The van der Waals surface area contributed by atoms with Gasteiger partial charge in [-0.1, -0.05) is 31.5 Å². The van der Waals surface area contributed by atoms with Crippen LogP contribution in [0, 0.1) is 6.92 Å². The maximum absolute atomic E-state index is 2.23. The molecule has 0 saturated carbocycles. The summed E-state index contributed by atoms with van der Waals surface area (Å²) in [6, 6.07) is 8.59. The fourth-order valence-corrected chi connectivity index (χ4v) is 2.17. The van der Waals surface area contributed by atoms with Gasteiger partial charge in [-0.3, -0.25) is 0 Å². The fraction of sp³-hybridized carbons (Fsp3) is 0.455. The van der Waals surface area contributed by atoms with Crippen LogP contribution in [0.5, 0.6) is 0 Å². The summed E-state index contributed by atoms with van der Waals surface area (Å²) < 4.78 is 0. The average molecular weight is 204 g/mol. The third-order valence-electron chi connectivity index (χ3n) is 1.85. The third-order valence-corrected chi connectivity index (χ3v) is 3.11. The SMILES string of the molecule is CCCCSc1ccccc1C.[NaH]. The first-order valence-corrected chi connectivity index (χ1v) is 5.51. The molecule has 0 aliphatic carbocycles. The van der Waals surface area contributed by atoms with E-state index in [1.807, 2.05) is 11.8 Å². The van der Waals surface area contributed by atoms with Crippen molar-refractivity contribution in [2.24, 2.45) is 0 Å². The Kier molecular flexibility index (Phi) is 8.27. The minimum absolute atomic E-state index is 0. The van der Waals surface area contributed by atoms with Gasteiger partial charge in [-0.25, -0.2) is 0 Å². The molecule has 0 heterocycles. The number of unbranched alkanes of at least 4 members (excludes halogenated alkanes) is 1. The number of thioether (sulfide) groups is 1. The Morgan fingerprint density at radius 3 is 2.54 bits per heavy atom. The Hall–Kier alpha value is 0.570. The molecule has 0 amide bonds. The zero-order chi connectivity index (χ0) is 8.81. The van der Waals surface area contributed by atoms with Gasteiger partial charge < -0.3 is 0 Å². The first kappa shape index (κ1) is 13.6. The van der Waals surface area contributed by atoms with Crippen molar-refractivity contribution in [2.45, 2.75) is 31.6 Å². The van der Waals surface area contributed by atoms with Gasteiger partial charge in [0, 0.05) is 4.90 Å². The monoisotopic (exact) mass is 204 g/mol. The Morgan fingerprint density at radius 1 is 1.23 bits per heavy atom. The molecule has 1 rings (SSSR count). The second-order valence-electron chi connectivity index (χ2n) is 2.97. The maximum atomic E-state index is 2.23. The first-order chi connectivity index (χ1) is 5.84. The van der Waals surface area contributed by atoms with Crippen LogP contribution < -0.4 is 0 Å². The number of hydrogen-bond acceptors (Lipinski definition) is 1. The summed E-state index contributed by atoms with van der Waals surface area (Å²) in [4.78, 5) is 1.44. The molecule has 2 heteroatoms. The van der Waals surface area contributed by atoms with Crippen molar-refractivity contribution in [3.8, 4) is 0 Å². The van der Waals surface area contributed by atoms with Crippen molar-refractivity contribution in [3.63, 3.8) is 0 Å². The molecule has 0 unspecified atom stereocenters. The standard InChI is InChI=1S/C11H16S.Na.H/c1-3-4-9-12-11-8-6-5-7-10(11)2;;/h5-8H,3-4,9H2,1-2H3;;. The van der Waals surface area contributed by atoms with E-state index in [0.717, 1.165) is 0 Å². The van der Waals surface area contributed by atoms with Crippen molar-refractivity contribution < 1.29 is 0 Å². The van der Waals surface area contributed by atoms with E-state index in [-0.39, 0.29) is 29.6 Å². The van der Waals surface area contributed by atoms with E-state index in [1.54, 1.807) is 0 Å². The van der Waals surface area contributed by atoms with Gasteiger partial charge in [0.2, 0.25) is 0 Å². The molecule has 68 valence electrons. The summed E-state index contributed by atoms with van der Waals surface area (Å²) in [5.41, 5.74) is 1.40. The van der Waals surface area contributed by atoms with Gasteiger partial charge >= 0.3 is 29.6 Å². The van der Waals surface area contributed by atoms with Crippen LogP contribution in [0.1, 0.15) is 25.3 Å². The number of aryl methyl sites for hydroxylation is 1. The Bertz CT molecular complexity index is 235. The normalized spacial score (nSPS) is 9.38. The molecule has 0 aliphatic rings. The van der Waals surface area contributed by atoms with Crippen LogP contribution in [0.4, 0.5) is 0 Å². The van der Waals surface area contributed by atoms with Crippen molar-refractivity contribution in [2.75, 3.05) is 5.75 Å². The second-order valence-corrected chi connectivity index (χ2v) is 4.10. The first-order valence-electron chi connectivity index (χ1n) is 4.53. The van der Waals surface area contributed by atoms with E-state index in [4.69, 9.17) is 0 Å². The van der Waals surface area contributed by atoms with E-state index < -0.39 is 0 Å². The number of hydrogen-bond donors (Lipinski definition) is 0. The summed E-state index contributed by atoms with van der Waals surface area (Å²) in [6.07, 6.45) is 2.61. The molecular formula is C11H17NaS. The molecule has 0 fully saturated rings. The Labute approximate surface area is 108 Å². The van der Waals surface area contributed by atoms with Crippen molar-refractivity contribution in [1.29, 1.82) is 0 Å². The van der Waals surface area contributed by atoms with Crippen LogP contribution in [-0.2, 0) is 0 Å². The van der Waals surface area contributed by atoms with E-state index in [9.17, 15) is 0 Å². The molecular weight excluding hydrogens is 187 g/mol. The summed E-state index contributed by atoms with van der Waals surface area (Å²) >= 11 is 1.97. The molecule has 0 radical (unpaired) electrons. The molecule has 0 nitrogen and oxygen atoms in total. The van der Waals surface area contributed by atoms with Gasteiger partial charge in [0.05, 0.1) is 0 Å². The van der Waals surface area contributed by atoms with Crippen molar-refractivity contribution in [3.05, 3.63) is 29.8 Å². The van der Waals surface area contributed by atoms with Crippen LogP contribution in [-0.4, -0.2) is 35.3 Å². The van der Waals surface area contributed by atoms with Gasteiger partial charge in [0.25, 0.3) is 0 Å². The third kappa shape index (κ3) is 5.11. The van der Waals surface area contributed by atoms with E-state index in [2.05, 4.69) is 38.1 Å². The molecule has 0 atom stereocenters. The molecule has 0 spiro atoms. The fourth-order valence-electron chi connectivity index (χ4n) is 1.04. The Morgan fingerprint density at radius 2 is 1.92 bits per heavy atom. The molecule has 1 aromatic carbocycles. The van der Waals surface area contributed by atoms with Crippen LogP contribution >= 0.6 is 11.8 Å². The molecule has 0 bridgehead atoms. The van der Waals surface area contributed by atoms with E-state index >= 15 is 0 Å². The van der Waals surface area contributed by atoms with E-state index in [1.165, 1.54) is 29.1 Å². The van der Waals surface area contributed by atoms with Crippen molar-refractivity contribution in [1.82, 2.24) is 0 Å². The molecule has 0 saturated heterocycles. The predicted molar refractivity (Wildman–Crippen MR) is 64.0 cm³/mol. The zero-order valence-electron chi connectivity index (χ0n) is 7.84. The summed E-state index contributed by atoms with van der Waals surface area (Å²) in [5, 5.41) is 0. The van der Waals surface area contributed by atoms with Gasteiger partial charge in [-0.15, -0.1) is 11.8 Å². The molecule has 13 heavy (non-hydrogen) atoms. The molecule has 0 aromatic heterocycles. The topological polar surface area (TPSA) is 0 Å². The molecule has 1 aromatic rings. The van der Waals surface area contributed by atoms with Crippen LogP contribution in [0.3, 0.4) is 0 Å². The quantitative estimate of drug-likeness (QED) is 0.412.